The molecule has 6 heteroatoms. The van der Waals surface area contributed by atoms with Crippen LogP contribution in [0.15, 0.2) is 200 Å². The van der Waals surface area contributed by atoms with Crippen LogP contribution in [-0.4, -0.2) is 0 Å². The van der Waals surface area contributed by atoms with Gasteiger partial charge in [0.05, 0.1) is 0 Å². The second-order valence-electron chi connectivity index (χ2n) is 24.3. The smallest absolute Gasteiger partial charge is 0.512 e. The van der Waals surface area contributed by atoms with E-state index >= 15 is 0 Å². The Bertz CT molecular complexity index is 3520. The first-order valence-corrected chi connectivity index (χ1v) is 27.6. The molecule has 0 atom stereocenters. The van der Waals surface area contributed by atoms with Gasteiger partial charge in [0, 0.05) is 56.4 Å². The van der Waals surface area contributed by atoms with E-state index in [0.29, 0.717) is 0 Å². The number of fused-ring (bicyclic) bond motifs is 4. The quantitative estimate of drug-likeness (QED) is 0.142. The van der Waals surface area contributed by atoms with Gasteiger partial charge in [-0.3, -0.25) is 0 Å². The summed E-state index contributed by atoms with van der Waals surface area (Å²) in [5, 5.41) is 6.25. The maximum atomic E-state index is 6.25. The summed E-state index contributed by atoms with van der Waals surface area (Å²) in [7, 11) is 0. The van der Waals surface area contributed by atoms with Crippen molar-refractivity contribution in [2.75, 3.05) is 19.6 Å². The molecule has 394 valence electrons. The minimum atomic E-state index is 0. The van der Waals surface area contributed by atoms with Gasteiger partial charge in [-0.25, -0.2) is 0 Å². The molecule has 2 aliphatic heterocycles. The summed E-state index contributed by atoms with van der Waals surface area (Å²) in [6, 6.07) is 78.2. The molecule has 0 N–H and O–H groups in total. The third-order valence-corrected chi connectivity index (χ3v) is 17.6. The first kappa shape index (κ1) is 53.4. The number of rotatable bonds is 8. The number of hydrogen-bond acceptors (Lipinski definition) is 5. The zero-order chi connectivity index (χ0) is 54.1. The van der Waals surface area contributed by atoms with Gasteiger partial charge in [-0.2, -0.15) is 6.07 Å². The van der Waals surface area contributed by atoms with E-state index in [9.17, 15) is 0 Å². The van der Waals surface area contributed by atoms with Gasteiger partial charge in [0.25, 0.3) is 0 Å². The second kappa shape index (κ2) is 20.5. The molecule has 9 aromatic rings. The molecular weight excluding hydrogens is 1140 g/mol. The van der Waals surface area contributed by atoms with Gasteiger partial charge >= 0.3 is 21.1 Å². The third kappa shape index (κ3) is 9.27. The molecule has 5 nitrogen and oxygen atoms in total. The number of hydrogen-bond donors (Lipinski definition) is 0. The van der Waals surface area contributed by atoms with Crippen molar-refractivity contribution in [1.82, 2.24) is 0 Å². The number of nitrogens with zero attached hydrogens (tertiary/aromatic N) is 5. The average Bonchev–Trinajstić information content (AvgIpc) is 4.14. The van der Waals surface area contributed by atoms with Crippen LogP contribution in [0.1, 0.15) is 103 Å². The van der Waals surface area contributed by atoms with E-state index in [2.05, 4.69) is 295 Å². The molecule has 0 fully saturated rings. The van der Waals surface area contributed by atoms with Gasteiger partial charge in [-0.05, 0) is 116 Å². The predicted molar refractivity (Wildman–Crippen MR) is 325 cm³/mol. The van der Waals surface area contributed by atoms with Crippen LogP contribution in [0.4, 0.5) is 45.5 Å². The van der Waals surface area contributed by atoms with Crippen molar-refractivity contribution in [2.45, 2.75) is 103 Å². The van der Waals surface area contributed by atoms with Crippen LogP contribution in [0, 0.1) is 31.2 Å². The molecule has 0 saturated carbocycles. The van der Waals surface area contributed by atoms with Crippen LogP contribution >= 0.6 is 0 Å². The van der Waals surface area contributed by atoms with Crippen molar-refractivity contribution in [1.29, 1.82) is 5.26 Å². The van der Waals surface area contributed by atoms with Crippen LogP contribution in [0.5, 0.6) is 0 Å². The summed E-state index contributed by atoms with van der Waals surface area (Å²) < 4.78 is 0. The molecule has 0 aromatic heterocycles. The maximum Gasteiger partial charge on any atom is 4.00 e. The topological polar surface area (TPSA) is 36.8 Å². The Morgan fingerprint density at radius 3 is 1.01 bits per heavy atom. The van der Waals surface area contributed by atoms with Crippen molar-refractivity contribution < 1.29 is 21.1 Å². The van der Waals surface area contributed by atoms with E-state index in [-0.39, 0.29) is 42.7 Å². The summed E-state index contributed by atoms with van der Waals surface area (Å²) in [5.74, 6) is 0. The zero-order valence-corrected chi connectivity index (χ0v) is 48.9. The molecule has 0 saturated heterocycles. The Morgan fingerprint density at radius 1 is 0.342 bits per heavy atom. The van der Waals surface area contributed by atoms with Gasteiger partial charge < -0.3 is 31.4 Å². The van der Waals surface area contributed by atoms with Gasteiger partial charge in [0.2, 0.25) is 0 Å². The van der Waals surface area contributed by atoms with E-state index in [1.54, 1.807) is 0 Å². The van der Waals surface area contributed by atoms with Crippen molar-refractivity contribution in [3.05, 3.63) is 248 Å². The Morgan fingerprint density at radius 2 is 0.646 bits per heavy atom. The van der Waals surface area contributed by atoms with Crippen molar-refractivity contribution in [3.8, 4) is 44.5 Å². The second-order valence-corrected chi connectivity index (χ2v) is 24.3. The minimum Gasteiger partial charge on any atom is -0.512 e. The Kier molecular flexibility index (Phi) is 13.9. The minimum absolute atomic E-state index is 0. The van der Waals surface area contributed by atoms with E-state index in [1.807, 2.05) is 0 Å². The van der Waals surface area contributed by atoms with Crippen LogP contribution in [0.25, 0.3) is 44.5 Å². The SMILES string of the molecule is CC1(C)CCC(C)(C)c2cc(-c3cccc(-c4ccccc4)c3N3[CH-]N(c4[c-]c(N5[CH-]N(c6c(-c7ccccc7)cccc6-c6ccc7c(c6)C(C)(C)CCC7(C)C)c6ccccc65)ccc4)c4ccccc43)ccc21.[C-]#N.[Pt+4]. The van der Waals surface area contributed by atoms with Crippen molar-refractivity contribution >= 4 is 45.5 Å². The standard InChI is InChI=1S/C72H67N4.CN.Pt/c1-69(2)40-42-71(5,6)61-44-51(36-38-59(61)69)57-30-20-28-55(49-22-11-9-12-23-49)67(57)75-47-73(63-32-15-17-34-65(63)75)53-26-19-27-54(46-53)74-48-76(66-35-18-16-33-64(66)74)68-56(50-24-13-10-14-25-50)29-21-31-58(68)52-37-39-60-62(45-52)72(7,8)43-41-70(60,3)4;1-2;/h9-39,44-45,47-48H,40-43H2,1-8H3;;/q-3;-1;+4. The summed E-state index contributed by atoms with van der Waals surface area (Å²) in [4.78, 5) is 9.49. The normalized spacial score (nSPS) is 16.8. The Balaban J connectivity index is 0.00000218. The fraction of sp³-hybridized carbons (Fsp3) is 0.219. The first-order valence-electron chi connectivity index (χ1n) is 27.6. The molecule has 0 bridgehead atoms. The van der Waals surface area contributed by atoms with E-state index in [1.165, 1.54) is 92.4 Å². The predicted octanol–water partition coefficient (Wildman–Crippen LogP) is 19.8. The number of para-hydroxylation sites is 6. The molecule has 0 unspecified atom stereocenters. The van der Waals surface area contributed by atoms with Crippen LogP contribution < -0.4 is 19.6 Å². The Hall–Kier alpha value is -7.64. The number of anilines is 8. The fourth-order valence-electron chi connectivity index (χ4n) is 13.0. The van der Waals surface area contributed by atoms with Crippen LogP contribution in [0.2, 0.25) is 0 Å². The first-order chi connectivity index (χ1) is 37.7. The van der Waals surface area contributed by atoms with E-state index in [4.69, 9.17) is 11.8 Å². The largest absolute Gasteiger partial charge is 4.00 e. The summed E-state index contributed by atoms with van der Waals surface area (Å²) in [6.07, 6.45) is 4.70. The molecular formula is C73H67N5Pt. The van der Waals surface area contributed by atoms with Gasteiger partial charge in [-0.1, -0.05) is 213 Å². The average molecular weight is 1210 g/mol. The maximum absolute atomic E-state index is 6.25. The molecule has 0 spiro atoms. The molecule has 2 heterocycles. The van der Waals surface area contributed by atoms with Gasteiger partial charge in [0.15, 0.2) is 0 Å². The molecule has 0 amide bonds. The van der Waals surface area contributed by atoms with E-state index in [0.717, 1.165) is 45.5 Å². The van der Waals surface area contributed by atoms with Crippen LogP contribution in [0.3, 0.4) is 0 Å². The monoisotopic (exact) mass is 1210 g/mol. The fourth-order valence-corrected chi connectivity index (χ4v) is 13.0. The summed E-state index contributed by atoms with van der Waals surface area (Å²) in [6.45, 7) is 28.7. The van der Waals surface area contributed by atoms with Gasteiger partial charge in [0.1, 0.15) is 0 Å². The molecule has 0 radical (unpaired) electrons. The molecule has 9 aromatic carbocycles. The number of benzene rings is 9. The summed E-state index contributed by atoms with van der Waals surface area (Å²) in [5.41, 5.74) is 24.6. The zero-order valence-electron chi connectivity index (χ0n) is 46.6. The molecule has 2 aliphatic carbocycles. The third-order valence-electron chi connectivity index (χ3n) is 17.6. The van der Waals surface area contributed by atoms with Gasteiger partial charge in [-0.15, -0.1) is 42.9 Å². The van der Waals surface area contributed by atoms with E-state index < -0.39 is 0 Å². The molecule has 79 heavy (non-hydrogen) atoms. The van der Waals surface area contributed by atoms with Crippen molar-refractivity contribution in [3.63, 3.8) is 0 Å². The van der Waals surface area contributed by atoms with Crippen molar-refractivity contribution in [2.24, 2.45) is 0 Å². The molecule has 4 aliphatic rings. The van der Waals surface area contributed by atoms with Crippen LogP contribution in [-0.2, 0) is 42.7 Å². The molecule has 13 rings (SSSR count). The Labute approximate surface area is 484 Å². The summed E-state index contributed by atoms with van der Waals surface area (Å²) >= 11 is 0.